The van der Waals surface area contributed by atoms with Crippen LogP contribution in [0.15, 0.2) is 18.2 Å². The second-order valence-corrected chi connectivity index (χ2v) is 7.47. The number of nitrogens with zero attached hydrogens (tertiary/aromatic N) is 3. The van der Waals surface area contributed by atoms with Gasteiger partial charge in [0.1, 0.15) is 5.82 Å². The van der Waals surface area contributed by atoms with Gasteiger partial charge in [-0.15, -0.1) is 23.2 Å². The summed E-state index contributed by atoms with van der Waals surface area (Å²) in [6, 6.07) is 6.12. The molecule has 2 aromatic rings. The normalized spacial score (nSPS) is 11.2. The predicted molar refractivity (Wildman–Crippen MR) is 109 cm³/mol. The number of anilines is 1. The van der Waals surface area contributed by atoms with Gasteiger partial charge in [0.15, 0.2) is 0 Å². The molecule has 1 aromatic heterocycles. The highest BCUT2D eigenvalue weighted by molar-refractivity contribution is 7.79. The van der Waals surface area contributed by atoms with E-state index in [1.54, 1.807) is 0 Å². The zero-order chi connectivity index (χ0) is 21.3. The SMILES string of the molecule is Cn1c(CCCC(=O)O)nc2cc(N(CCCl)CCCl)ccc21.O=S(=O)(O)O. The van der Waals surface area contributed by atoms with E-state index in [4.69, 9.17) is 45.8 Å². The number of carbonyl (C=O) groups is 1. The molecule has 0 aliphatic heterocycles. The lowest BCUT2D eigenvalue weighted by atomic mass is 10.2. The first-order chi connectivity index (χ1) is 13.1. The summed E-state index contributed by atoms with van der Waals surface area (Å²) in [6.07, 6.45) is 1.40. The molecular formula is C16H23Cl2N3O6S. The highest BCUT2D eigenvalue weighted by Crippen LogP contribution is 2.23. The molecule has 0 fully saturated rings. The molecular weight excluding hydrogens is 433 g/mol. The van der Waals surface area contributed by atoms with E-state index in [0.717, 1.165) is 35.6 Å². The van der Waals surface area contributed by atoms with Gasteiger partial charge in [0.2, 0.25) is 0 Å². The number of aromatic nitrogens is 2. The number of fused-ring (bicyclic) bond motifs is 1. The van der Waals surface area contributed by atoms with Gasteiger partial charge in [0.05, 0.1) is 11.0 Å². The third-order valence-electron chi connectivity index (χ3n) is 3.82. The number of alkyl halides is 2. The lowest BCUT2D eigenvalue weighted by Gasteiger charge is -2.22. The van der Waals surface area contributed by atoms with E-state index in [2.05, 4.69) is 9.88 Å². The van der Waals surface area contributed by atoms with Crippen LogP contribution in [0.3, 0.4) is 0 Å². The molecule has 158 valence electrons. The van der Waals surface area contributed by atoms with Crippen molar-refractivity contribution in [2.75, 3.05) is 29.7 Å². The Bertz CT molecular complexity index is 874. The Morgan fingerprint density at radius 2 is 1.79 bits per heavy atom. The van der Waals surface area contributed by atoms with Gasteiger partial charge in [-0.2, -0.15) is 8.42 Å². The maximum atomic E-state index is 10.6. The number of aryl methyl sites for hydroxylation is 2. The summed E-state index contributed by atoms with van der Waals surface area (Å²) >= 11 is 11.7. The average molecular weight is 456 g/mol. The van der Waals surface area contributed by atoms with Gasteiger partial charge in [-0.1, -0.05) is 0 Å². The number of rotatable bonds is 9. The van der Waals surface area contributed by atoms with Crippen molar-refractivity contribution in [2.45, 2.75) is 19.3 Å². The van der Waals surface area contributed by atoms with Crippen LogP contribution >= 0.6 is 23.2 Å². The van der Waals surface area contributed by atoms with Crippen LogP contribution in [-0.2, 0) is 28.7 Å². The Morgan fingerprint density at radius 3 is 2.29 bits per heavy atom. The molecule has 1 heterocycles. The minimum atomic E-state index is -4.67. The van der Waals surface area contributed by atoms with Gasteiger partial charge in [-0.3, -0.25) is 13.9 Å². The molecule has 1 aromatic carbocycles. The van der Waals surface area contributed by atoms with E-state index < -0.39 is 16.4 Å². The van der Waals surface area contributed by atoms with Crippen molar-refractivity contribution in [3.63, 3.8) is 0 Å². The Kier molecular flexibility index (Phi) is 9.97. The van der Waals surface area contributed by atoms with Crippen molar-refractivity contribution in [1.82, 2.24) is 9.55 Å². The third-order valence-corrected chi connectivity index (χ3v) is 4.16. The summed E-state index contributed by atoms with van der Waals surface area (Å²) in [5, 5.41) is 8.74. The molecule has 28 heavy (non-hydrogen) atoms. The first-order valence-corrected chi connectivity index (χ1v) is 10.8. The average Bonchev–Trinajstić information content (AvgIpc) is 2.88. The van der Waals surface area contributed by atoms with Crippen LogP contribution < -0.4 is 4.90 Å². The molecule has 0 amide bonds. The number of carboxylic acid groups (broad SMARTS) is 1. The molecule has 2 rings (SSSR count). The molecule has 0 saturated heterocycles. The fraction of sp³-hybridized carbons (Fsp3) is 0.500. The summed E-state index contributed by atoms with van der Waals surface area (Å²) in [4.78, 5) is 17.4. The van der Waals surface area contributed by atoms with Gasteiger partial charge >= 0.3 is 16.4 Å². The molecule has 0 unspecified atom stereocenters. The molecule has 0 radical (unpaired) electrons. The Balaban J connectivity index is 0.000000696. The second kappa shape index (κ2) is 11.4. The first-order valence-electron chi connectivity index (χ1n) is 8.30. The number of hydrogen-bond donors (Lipinski definition) is 3. The molecule has 12 heteroatoms. The van der Waals surface area contributed by atoms with E-state index >= 15 is 0 Å². The summed E-state index contributed by atoms with van der Waals surface area (Å²) in [7, 11) is -2.71. The van der Waals surface area contributed by atoms with E-state index in [9.17, 15) is 4.79 Å². The maximum Gasteiger partial charge on any atom is 0.394 e. The number of hydrogen-bond acceptors (Lipinski definition) is 5. The van der Waals surface area contributed by atoms with Crippen molar-refractivity contribution in [2.24, 2.45) is 7.05 Å². The van der Waals surface area contributed by atoms with Gasteiger partial charge in [-0.05, 0) is 24.6 Å². The van der Waals surface area contributed by atoms with Gasteiger partial charge in [0, 0.05) is 50.4 Å². The molecule has 0 aliphatic rings. The number of aliphatic carboxylic acids is 1. The zero-order valence-electron chi connectivity index (χ0n) is 15.3. The van der Waals surface area contributed by atoms with Gasteiger partial charge < -0.3 is 14.6 Å². The largest absolute Gasteiger partial charge is 0.481 e. The van der Waals surface area contributed by atoms with E-state index in [1.165, 1.54) is 0 Å². The second-order valence-electron chi connectivity index (χ2n) is 5.82. The number of benzene rings is 1. The number of imidazole rings is 1. The van der Waals surface area contributed by atoms with Crippen molar-refractivity contribution in [3.8, 4) is 0 Å². The van der Waals surface area contributed by atoms with Crippen molar-refractivity contribution < 1.29 is 27.4 Å². The Hall–Kier alpha value is -1.59. The lowest BCUT2D eigenvalue weighted by molar-refractivity contribution is -0.137. The monoisotopic (exact) mass is 455 g/mol. The van der Waals surface area contributed by atoms with E-state index in [-0.39, 0.29) is 6.42 Å². The van der Waals surface area contributed by atoms with Crippen molar-refractivity contribution in [3.05, 3.63) is 24.0 Å². The predicted octanol–water partition coefficient (Wildman–Crippen LogP) is 2.61. The Morgan fingerprint density at radius 1 is 1.21 bits per heavy atom. The zero-order valence-corrected chi connectivity index (χ0v) is 17.6. The van der Waals surface area contributed by atoms with Crippen LogP contribution in [0, 0.1) is 0 Å². The van der Waals surface area contributed by atoms with E-state index in [0.29, 0.717) is 24.6 Å². The van der Waals surface area contributed by atoms with Gasteiger partial charge in [0.25, 0.3) is 0 Å². The lowest BCUT2D eigenvalue weighted by Crippen LogP contribution is -2.27. The summed E-state index contributed by atoms with van der Waals surface area (Å²) in [6.45, 7) is 1.47. The standard InChI is InChI=1S/C16H21Cl2N3O2.H2O4S/c1-20-14-6-5-12(21(9-7-17)10-8-18)11-13(14)19-15(20)3-2-4-16(22)23;1-5(2,3)4/h5-6,11H,2-4,7-10H2,1H3,(H,22,23);(H2,1,2,3,4). The molecule has 0 saturated carbocycles. The maximum absolute atomic E-state index is 10.6. The molecule has 0 spiro atoms. The highest BCUT2D eigenvalue weighted by Gasteiger charge is 2.12. The summed E-state index contributed by atoms with van der Waals surface area (Å²) in [5.74, 6) is 1.21. The number of halogens is 2. The number of carboxylic acids is 1. The minimum absolute atomic E-state index is 0.160. The van der Waals surface area contributed by atoms with Crippen LogP contribution in [0.4, 0.5) is 5.69 Å². The molecule has 0 atom stereocenters. The van der Waals surface area contributed by atoms with Gasteiger partial charge in [-0.25, -0.2) is 4.98 Å². The van der Waals surface area contributed by atoms with Crippen LogP contribution in [0.1, 0.15) is 18.7 Å². The fourth-order valence-corrected chi connectivity index (χ4v) is 3.04. The molecule has 9 nitrogen and oxygen atoms in total. The van der Waals surface area contributed by atoms with Crippen LogP contribution in [0.25, 0.3) is 11.0 Å². The topological polar surface area (TPSA) is 133 Å². The van der Waals surface area contributed by atoms with Crippen molar-refractivity contribution in [1.29, 1.82) is 0 Å². The third kappa shape index (κ3) is 8.61. The summed E-state index contributed by atoms with van der Waals surface area (Å²) in [5.41, 5.74) is 2.99. The molecule has 0 bridgehead atoms. The van der Waals surface area contributed by atoms with Crippen LogP contribution in [0.5, 0.6) is 0 Å². The smallest absolute Gasteiger partial charge is 0.394 e. The van der Waals surface area contributed by atoms with E-state index in [1.807, 2.05) is 29.8 Å². The molecule has 0 aliphatic carbocycles. The first kappa shape index (κ1) is 24.4. The van der Waals surface area contributed by atoms with Crippen LogP contribution in [0.2, 0.25) is 0 Å². The van der Waals surface area contributed by atoms with Crippen LogP contribution in [-0.4, -0.2) is 63.0 Å². The summed E-state index contributed by atoms with van der Waals surface area (Å²) < 4.78 is 33.6. The molecule has 3 N–H and O–H groups in total. The quantitative estimate of drug-likeness (QED) is 0.388. The van der Waals surface area contributed by atoms with Crippen molar-refractivity contribution >= 4 is 56.3 Å². The minimum Gasteiger partial charge on any atom is -0.481 e. The Labute approximate surface area is 173 Å². The highest BCUT2D eigenvalue weighted by atomic mass is 35.5. The fourth-order valence-electron chi connectivity index (χ4n) is 2.63.